The number of aliphatic carboxylic acids is 1. The van der Waals surface area contributed by atoms with E-state index in [1.54, 1.807) is 18.2 Å². The summed E-state index contributed by atoms with van der Waals surface area (Å²) in [6, 6.07) is 5.83. The Morgan fingerprint density at radius 2 is 2.00 bits per heavy atom. The maximum Gasteiger partial charge on any atom is 0.331 e. The first-order chi connectivity index (χ1) is 8.54. The van der Waals surface area contributed by atoms with Crippen molar-refractivity contribution < 1.29 is 14.8 Å². The van der Waals surface area contributed by atoms with E-state index in [9.17, 15) is 14.9 Å². The molecule has 5 nitrogen and oxygen atoms in total. The number of unbranched alkanes of at least 4 members (excludes halogenated alkanes) is 1. The Bertz CT molecular complexity index is 462. The van der Waals surface area contributed by atoms with Gasteiger partial charge < -0.3 is 5.11 Å². The van der Waals surface area contributed by atoms with Crippen molar-refractivity contribution in [2.24, 2.45) is 0 Å². The van der Waals surface area contributed by atoms with Crippen LogP contribution in [0.3, 0.4) is 0 Å². The lowest BCUT2D eigenvalue weighted by atomic mass is 10.1. The van der Waals surface area contributed by atoms with Crippen molar-refractivity contribution in [3.63, 3.8) is 0 Å². The summed E-state index contributed by atoms with van der Waals surface area (Å²) in [6.45, 7) is 1.99. The number of hydrogen-bond donors (Lipinski definition) is 1. The Hall–Kier alpha value is -2.17. The minimum atomic E-state index is -0.943. The molecule has 18 heavy (non-hydrogen) atoms. The zero-order valence-corrected chi connectivity index (χ0v) is 10.1. The predicted molar refractivity (Wildman–Crippen MR) is 68.2 cm³/mol. The fourth-order valence-corrected chi connectivity index (χ4v) is 1.50. The van der Waals surface area contributed by atoms with Gasteiger partial charge in [-0.2, -0.15) is 0 Å². The molecule has 0 aliphatic rings. The summed E-state index contributed by atoms with van der Waals surface area (Å²) in [6.07, 6.45) is 3.79. The molecule has 0 aromatic heterocycles. The molecule has 1 aromatic carbocycles. The average molecular weight is 249 g/mol. The summed E-state index contributed by atoms with van der Waals surface area (Å²) < 4.78 is 0. The van der Waals surface area contributed by atoms with Crippen molar-refractivity contribution in [1.82, 2.24) is 0 Å². The fourth-order valence-electron chi connectivity index (χ4n) is 1.50. The van der Waals surface area contributed by atoms with Crippen molar-refractivity contribution in [2.75, 3.05) is 0 Å². The van der Waals surface area contributed by atoms with Gasteiger partial charge in [0.15, 0.2) is 0 Å². The number of nitrogens with zero attached hydrogens (tertiary/aromatic N) is 1. The third-order valence-electron chi connectivity index (χ3n) is 2.52. The van der Waals surface area contributed by atoms with Crippen molar-refractivity contribution >= 4 is 17.7 Å². The second kappa shape index (κ2) is 6.54. The molecule has 0 aliphatic carbocycles. The number of nitro benzene ring substituents is 1. The molecular weight excluding hydrogens is 234 g/mol. The lowest BCUT2D eigenvalue weighted by Gasteiger charge is -2.01. The van der Waals surface area contributed by atoms with Crippen molar-refractivity contribution in [2.45, 2.75) is 26.2 Å². The number of carbonyl (C=O) groups is 1. The van der Waals surface area contributed by atoms with Gasteiger partial charge in [0, 0.05) is 17.7 Å². The molecule has 1 rings (SSSR count). The quantitative estimate of drug-likeness (QED) is 0.476. The van der Waals surface area contributed by atoms with Gasteiger partial charge in [0.05, 0.1) is 4.92 Å². The highest BCUT2D eigenvalue weighted by Gasteiger charge is 2.08. The van der Waals surface area contributed by atoms with E-state index in [-0.39, 0.29) is 5.69 Å². The van der Waals surface area contributed by atoms with E-state index in [1.807, 2.05) is 6.92 Å². The Morgan fingerprint density at radius 3 is 2.44 bits per heavy atom. The largest absolute Gasteiger partial charge is 0.478 e. The second-order valence-electron chi connectivity index (χ2n) is 3.93. The molecule has 0 heterocycles. The van der Waals surface area contributed by atoms with Crippen LogP contribution in [0, 0.1) is 10.1 Å². The number of benzene rings is 1. The number of carboxylic acid groups (broad SMARTS) is 1. The molecule has 0 bridgehead atoms. The molecule has 0 unspecified atom stereocenters. The molecule has 0 spiro atoms. The van der Waals surface area contributed by atoms with Crippen LogP contribution in [0.2, 0.25) is 0 Å². The summed E-state index contributed by atoms with van der Waals surface area (Å²) in [7, 11) is 0. The average Bonchev–Trinajstić information content (AvgIpc) is 2.34. The smallest absolute Gasteiger partial charge is 0.331 e. The molecule has 96 valence electrons. The number of hydrogen-bond acceptors (Lipinski definition) is 3. The maximum atomic E-state index is 11.0. The van der Waals surface area contributed by atoms with Crippen molar-refractivity contribution in [3.8, 4) is 0 Å². The molecule has 0 atom stereocenters. The minimum absolute atomic E-state index is 0.00224. The summed E-state index contributed by atoms with van der Waals surface area (Å²) in [4.78, 5) is 21.0. The van der Waals surface area contributed by atoms with Crippen molar-refractivity contribution in [1.29, 1.82) is 0 Å². The molecule has 0 saturated heterocycles. The van der Waals surface area contributed by atoms with E-state index >= 15 is 0 Å². The van der Waals surface area contributed by atoms with Crippen molar-refractivity contribution in [3.05, 3.63) is 45.5 Å². The molecule has 1 aromatic rings. The molecule has 5 heteroatoms. The zero-order chi connectivity index (χ0) is 13.5. The van der Waals surface area contributed by atoms with Crippen LogP contribution in [0.1, 0.15) is 31.7 Å². The third kappa shape index (κ3) is 4.01. The van der Waals surface area contributed by atoms with Crippen LogP contribution in [-0.4, -0.2) is 16.0 Å². The summed E-state index contributed by atoms with van der Waals surface area (Å²) in [5, 5.41) is 19.5. The summed E-state index contributed by atoms with van der Waals surface area (Å²) >= 11 is 0. The first-order valence-electron chi connectivity index (χ1n) is 5.73. The van der Waals surface area contributed by atoms with Crippen LogP contribution in [0.25, 0.3) is 6.08 Å². The normalized spacial score (nSPS) is 11.3. The van der Waals surface area contributed by atoms with Crippen LogP contribution >= 0.6 is 0 Å². The third-order valence-corrected chi connectivity index (χ3v) is 2.52. The van der Waals surface area contributed by atoms with Gasteiger partial charge in [-0.05, 0) is 36.6 Å². The van der Waals surface area contributed by atoms with Gasteiger partial charge in [-0.3, -0.25) is 10.1 Å². The number of rotatable bonds is 6. The topological polar surface area (TPSA) is 80.4 Å². The van der Waals surface area contributed by atoms with Gasteiger partial charge in [0.1, 0.15) is 0 Å². The Labute approximate surface area is 105 Å². The highest BCUT2D eigenvalue weighted by molar-refractivity contribution is 5.92. The lowest BCUT2D eigenvalue weighted by Crippen LogP contribution is -2.00. The van der Waals surface area contributed by atoms with Gasteiger partial charge in [-0.15, -0.1) is 0 Å². The van der Waals surface area contributed by atoms with E-state index in [0.717, 1.165) is 12.8 Å². The molecule has 0 amide bonds. The van der Waals surface area contributed by atoms with Gasteiger partial charge in [0.25, 0.3) is 5.69 Å². The fraction of sp³-hybridized carbons (Fsp3) is 0.308. The predicted octanol–water partition coefficient (Wildman–Crippen LogP) is 3.25. The minimum Gasteiger partial charge on any atom is -0.478 e. The Kier molecular flexibility index (Phi) is 5.05. The standard InChI is InChI=1S/C13H15NO4/c1-2-3-4-11(13(15)16)9-10-5-7-12(8-6-10)14(17)18/h5-9H,2-4H2,1H3,(H,15,16). The van der Waals surface area contributed by atoms with E-state index in [4.69, 9.17) is 5.11 Å². The maximum absolute atomic E-state index is 11.0. The van der Waals surface area contributed by atoms with Gasteiger partial charge >= 0.3 is 5.97 Å². The summed E-state index contributed by atoms with van der Waals surface area (Å²) in [5.41, 5.74) is 0.984. The molecule has 0 saturated carbocycles. The molecule has 0 aliphatic heterocycles. The highest BCUT2D eigenvalue weighted by Crippen LogP contribution is 2.16. The zero-order valence-electron chi connectivity index (χ0n) is 10.1. The van der Waals surface area contributed by atoms with E-state index in [1.165, 1.54) is 12.1 Å². The van der Waals surface area contributed by atoms with Crippen LogP contribution in [0.5, 0.6) is 0 Å². The molecule has 1 N–H and O–H groups in total. The van der Waals surface area contributed by atoms with E-state index in [2.05, 4.69) is 0 Å². The monoisotopic (exact) mass is 249 g/mol. The van der Waals surface area contributed by atoms with Gasteiger partial charge in [0.2, 0.25) is 0 Å². The van der Waals surface area contributed by atoms with E-state index in [0.29, 0.717) is 17.6 Å². The first-order valence-corrected chi connectivity index (χ1v) is 5.73. The molecular formula is C13H15NO4. The lowest BCUT2D eigenvalue weighted by molar-refractivity contribution is -0.384. The Balaban J connectivity index is 2.90. The number of carboxylic acids is 1. The van der Waals surface area contributed by atoms with Crippen LogP contribution in [0.4, 0.5) is 5.69 Å². The van der Waals surface area contributed by atoms with E-state index < -0.39 is 10.9 Å². The first kappa shape index (κ1) is 13.9. The van der Waals surface area contributed by atoms with Gasteiger partial charge in [-0.1, -0.05) is 13.3 Å². The van der Waals surface area contributed by atoms with Crippen LogP contribution in [-0.2, 0) is 4.79 Å². The SMILES string of the molecule is CCCCC(=Cc1ccc([N+](=O)[O-])cc1)C(=O)O. The molecule has 0 radical (unpaired) electrons. The highest BCUT2D eigenvalue weighted by atomic mass is 16.6. The van der Waals surface area contributed by atoms with Crippen LogP contribution in [0.15, 0.2) is 29.8 Å². The van der Waals surface area contributed by atoms with Gasteiger partial charge in [-0.25, -0.2) is 4.79 Å². The number of non-ortho nitro benzene ring substituents is 1. The second-order valence-corrected chi connectivity index (χ2v) is 3.93. The number of nitro groups is 1. The molecule has 0 fully saturated rings. The Morgan fingerprint density at radius 1 is 1.39 bits per heavy atom. The summed E-state index contributed by atoms with van der Waals surface area (Å²) in [5.74, 6) is -0.943. The van der Waals surface area contributed by atoms with Crippen LogP contribution < -0.4 is 0 Å².